The topological polar surface area (TPSA) is 47.0 Å². The molecule has 1 rings (SSSR count). The maximum atomic E-state index is 13.2. The fraction of sp³-hybridized carbons (Fsp3) is 0.286. The number of halogens is 4. The Hall–Kier alpha value is -0.820. The fourth-order valence-corrected chi connectivity index (χ4v) is 1.97. The van der Waals surface area contributed by atoms with Gasteiger partial charge in [0.25, 0.3) is 15.5 Å². The summed E-state index contributed by atoms with van der Waals surface area (Å²) >= 11 is 0. The summed E-state index contributed by atoms with van der Waals surface area (Å²) in [6.07, 6.45) is -2.65. The van der Waals surface area contributed by atoms with Crippen molar-refractivity contribution in [1.29, 1.82) is 0 Å². The van der Waals surface area contributed by atoms with E-state index in [-0.39, 0.29) is 5.69 Å². The molecular weight excluding hydrogens is 255 g/mol. The van der Waals surface area contributed by atoms with Crippen molar-refractivity contribution in [2.45, 2.75) is 18.2 Å². The average molecular weight is 260 g/mol. The molecule has 3 nitrogen and oxygen atoms in total. The Labute approximate surface area is 88.3 Å². The van der Waals surface area contributed by atoms with Crippen molar-refractivity contribution in [1.82, 2.24) is 4.98 Å². The molecule has 1 aromatic heterocycles. The van der Waals surface area contributed by atoms with Gasteiger partial charge in [-0.05, 0) is 6.92 Å². The number of alkyl halides is 2. The van der Waals surface area contributed by atoms with Gasteiger partial charge < -0.3 is 0 Å². The Bertz CT molecular complexity index is 489. The summed E-state index contributed by atoms with van der Waals surface area (Å²) in [4.78, 5) is 2.32. The summed E-state index contributed by atoms with van der Waals surface area (Å²) in [5.41, 5.74) is -1.55. The fourth-order valence-electron chi connectivity index (χ4n) is 0.982. The van der Waals surface area contributed by atoms with Gasteiger partial charge in [0.1, 0.15) is 4.90 Å². The summed E-state index contributed by atoms with van der Waals surface area (Å²) in [5, 5.41) is 0. The Morgan fingerprint density at radius 2 is 2.00 bits per heavy atom. The Morgan fingerprint density at radius 3 is 2.40 bits per heavy atom. The highest BCUT2D eigenvalue weighted by Gasteiger charge is 2.27. The third kappa shape index (κ3) is 2.40. The highest BCUT2D eigenvalue weighted by atomic mass is 35.7. The van der Waals surface area contributed by atoms with Gasteiger partial charge >= 0.3 is 0 Å². The van der Waals surface area contributed by atoms with Gasteiger partial charge in [-0.15, -0.1) is 0 Å². The minimum absolute atomic E-state index is 0.311. The zero-order valence-corrected chi connectivity index (χ0v) is 8.91. The molecule has 0 aliphatic carbocycles. The molecule has 0 aliphatic heterocycles. The van der Waals surface area contributed by atoms with Gasteiger partial charge in [-0.1, -0.05) is 0 Å². The van der Waals surface area contributed by atoms with Gasteiger partial charge in [0, 0.05) is 16.9 Å². The molecule has 0 saturated carbocycles. The maximum Gasteiger partial charge on any atom is 0.268 e. The smallest absolute Gasteiger partial charge is 0.257 e. The van der Waals surface area contributed by atoms with Crippen LogP contribution >= 0.6 is 10.7 Å². The van der Waals surface area contributed by atoms with E-state index in [2.05, 4.69) is 4.98 Å². The first-order chi connectivity index (χ1) is 6.75. The lowest BCUT2D eigenvalue weighted by molar-refractivity contribution is 0.142. The van der Waals surface area contributed by atoms with E-state index in [0.717, 1.165) is 6.92 Å². The van der Waals surface area contributed by atoms with E-state index < -0.39 is 31.8 Å². The molecule has 15 heavy (non-hydrogen) atoms. The van der Waals surface area contributed by atoms with E-state index in [1.54, 1.807) is 0 Å². The molecule has 0 aliphatic rings. The number of nitrogens with zero attached hydrogens (tertiary/aromatic N) is 1. The first kappa shape index (κ1) is 12.3. The van der Waals surface area contributed by atoms with Crippen LogP contribution in [0.15, 0.2) is 11.1 Å². The van der Waals surface area contributed by atoms with Crippen molar-refractivity contribution in [3.05, 3.63) is 23.3 Å². The molecule has 0 radical (unpaired) electrons. The normalized spacial score (nSPS) is 12.1. The SMILES string of the molecule is Cc1ncc(S(=O)(=O)Cl)c(C(F)F)c1F. The second kappa shape index (κ2) is 3.97. The summed E-state index contributed by atoms with van der Waals surface area (Å²) in [6.45, 7) is 1.14. The Balaban J connectivity index is 3.62. The summed E-state index contributed by atoms with van der Waals surface area (Å²) in [6, 6.07) is 0. The van der Waals surface area contributed by atoms with E-state index in [4.69, 9.17) is 10.7 Å². The van der Waals surface area contributed by atoms with E-state index in [1.165, 1.54) is 0 Å². The number of aromatic nitrogens is 1. The van der Waals surface area contributed by atoms with Crippen molar-refractivity contribution in [2.75, 3.05) is 0 Å². The molecule has 0 atom stereocenters. The van der Waals surface area contributed by atoms with Crippen LogP contribution in [0.5, 0.6) is 0 Å². The molecule has 8 heteroatoms. The minimum Gasteiger partial charge on any atom is -0.257 e. The van der Waals surface area contributed by atoms with Crippen molar-refractivity contribution >= 4 is 19.7 Å². The second-order valence-corrected chi connectivity index (χ2v) is 5.21. The molecule has 0 bridgehead atoms. The maximum absolute atomic E-state index is 13.2. The molecule has 0 unspecified atom stereocenters. The highest BCUT2D eigenvalue weighted by molar-refractivity contribution is 8.13. The number of aryl methyl sites for hydroxylation is 1. The van der Waals surface area contributed by atoms with Crippen LogP contribution in [0.3, 0.4) is 0 Å². The first-order valence-corrected chi connectivity index (χ1v) is 5.94. The predicted octanol–water partition coefficient (Wildman–Crippen LogP) is 2.39. The predicted molar refractivity (Wildman–Crippen MR) is 46.9 cm³/mol. The number of hydrogen-bond donors (Lipinski definition) is 0. The second-order valence-electron chi connectivity index (χ2n) is 2.67. The van der Waals surface area contributed by atoms with Gasteiger partial charge in [0.15, 0.2) is 5.82 Å². The van der Waals surface area contributed by atoms with Crippen molar-refractivity contribution in [2.24, 2.45) is 0 Å². The van der Waals surface area contributed by atoms with Crippen LogP contribution in [0.25, 0.3) is 0 Å². The molecule has 0 fully saturated rings. The van der Waals surface area contributed by atoms with Crippen LogP contribution in [0.2, 0.25) is 0 Å². The zero-order chi connectivity index (χ0) is 11.8. The molecule has 0 amide bonds. The van der Waals surface area contributed by atoms with E-state index >= 15 is 0 Å². The van der Waals surface area contributed by atoms with Crippen LogP contribution in [0.1, 0.15) is 17.7 Å². The van der Waals surface area contributed by atoms with Crippen molar-refractivity contribution in [3.63, 3.8) is 0 Å². The first-order valence-electron chi connectivity index (χ1n) is 3.63. The lowest BCUT2D eigenvalue weighted by Crippen LogP contribution is -2.05. The third-order valence-electron chi connectivity index (χ3n) is 1.68. The summed E-state index contributed by atoms with van der Waals surface area (Å²) in [5.74, 6) is -1.35. The largest absolute Gasteiger partial charge is 0.268 e. The van der Waals surface area contributed by atoms with E-state index in [9.17, 15) is 21.6 Å². The molecule has 84 valence electrons. The van der Waals surface area contributed by atoms with Gasteiger partial charge in [0.05, 0.1) is 11.3 Å². The number of rotatable bonds is 2. The molecule has 0 N–H and O–H groups in total. The third-order valence-corrected chi connectivity index (χ3v) is 3.03. The quantitative estimate of drug-likeness (QED) is 0.766. The number of pyridine rings is 1. The molecule has 0 spiro atoms. The minimum atomic E-state index is -4.43. The zero-order valence-electron chi connectivity index (χ0n) is 7.34. The van der Waals surface area contributed by atoms with Crippen LogP contribution in [-0.4, -0.2) is 13.4 Å². The lowest BCUT2D eigenvalue weighted by atomic mass is 10.2. The summed E-state index contributed by atoms with van der Waals surface area (Å²) < 4.78 is 59.7. The summed E-state index contributed by atoms with van der Waals surface area (Å²) in [7, 11) is 0.436. The van der Waals surface area contributed by atoms with Gasteiger partial charge in [0.2, 0.25) is 0 Å². The van der Waals surface area contributed by atoms with E-state index in [1.807, 2.05) is 0 Å². The molecule has 0 aromatic carbocycles. The van der Waals surface area contributed by atoms with Crippen LogP contribution in [0, 0.1) is 12.7 Å². The van der Waals surface area contributed by atoms with Gasteiger partial charge in [-0.3, -0.25) is 4.98 Å². The molecule has 1 heterocycles. The number of hydrogen-bond acceptors (Lipinski definition) is 3. The molecule has 0 saturated heterocycles. The monoisotopic (exact) mass is 259 g/mol. The van der Waals surface area contributed by atoms with Crippen molar-refractivity contribution < 1.29 is 21.6 Å². The van der Waals surface area contributed by atoms with Crippen LogP contribution in [0.4, 0.5) is 13.2 Å². The molecule has 1 aromatic rings. The molecular formula is C7H5ClF3NO2S. The Kier molecular flexibility index (Phi) is 3.25. The Morgan fingerprint density at radius 1 is 1.47 bits per heavy atom. The standard InChI is InChI=1S/C7H5ClF3NO2S/c1-3-6(9)5(7(10)11)4(2-12-3)15(8,13)14/h2,7H,1H3. The van der Waals surface area contributed by atoms with Crippen LogP contribution in [-0.2, 0) is 9.05 Å². The van der Waals surface area contributed by atoms with E-state index in [0.29, 0.717) is 6.20 Å². The lowest BCUT2D eigenvalue weighted by Gasteiger charge is -2.07. The van der Waals surface area contributed by atoms with Gasteiger partial charge in [-0.2, -0.15) is 0 Å². The van der Waals surface area contributed by atoms with Crippen LogP contribution < -0.4 is 0 Å². The average Bonchev–Trinajstić information content (AvgIpc) is 2.06. The van der Waals surface area contributed by atoms with Crippen molar-refractivity contribution in [3.8, 4) is 0 Å². The highest BCUT2D eigenvalue weighted by Crippen LogP contribution is 2.31. The van der Waals surface area contributed by atoms with Gasteiger partial charge in [-0.25, -0.2) is 21.6 Å².